The molecule has 1 N–H and O–H groups in total. The molecule has 1 aromatic carbocycles. The van der Waals surface area contributed by atoms with E-state index >= 15 is 0 Å². The van der Waals surface area contributed by atoms with Crippen molar-refractivity contribution in [3.63, 3.8) is 0 Å². The summed E-state index contributed by atoms with van der Waals surface area (Å²) in [5.41, 5.74) is 1.61. The van der Waals surface area contributed by atoms with Gasteiger partial charge < -0.3 is 5.11 Å². The van der Waals surface area contributed by atoms with Crippen LogP contribution < -0.4 is 0 Å². The number of hydrogen-bond donors (Lipinski definition) is 1. The highest BCUT2D eigenvalue weighted by Gasteiger charge is 2.14. The van der Waals surface area contributed by atoms with Crippen molar-refractivity contribution in [3.8, 4) is 0 Å². The third-order valence-corrected chi connectivity index (χ3v) is 4.04. The Hall–Kier alpha value is -1.81. The highest BCUT2D eigenvalue weighted by molar-refractivity contribution is 7.99. The van der Waals surface area contributed by atoms with Gasteiger partial charge in [0.25, 0.3) is 0 Å². The lowest BCUT2D eigenvalue weighted by atomic mass is 9.87. The molecule has 20 heavy (non-hydrogen) atoms. The van der Waals surface area contributed by atoms with Crippen LogP contribution in [0.3, 0.4) is 0 Å². The molecule has 0 unspecified atom stereocenters. The summed E-state index contributed by atoms with van der Waals surface area (Å²) in [5.74, 6) is -0.952. The molecule has 0 saturated carbocycles. The predicted octanol–water partition coefficient (Wildman–Crippen LogP) is 4.23. The van der Waals surface area contributed by atoms with Crippen LogP contribution in [0.15, 0.2) is 52.5 Å². The van der Waals surface area contributed by atoms with Crippen LogP contribution >= 0.6 is 11.8 Å². The van der Waals surface area contributed by atoms with E-state index in [1.807, 2.05) is 12.1 Å². The Morgan fingerprint density at radius 2 is 1.80 bits per heavy atom. The average Bonchev–Trinajstić information content (AvgIpc) is 2.38. The van der Waals surface area contributed by atoms with Crippen LogP contribution in [0.1, 0.15) is 36.7 Å². The van der Waals surface area contributed by atoms with E-state index in [1.54, 1.807) is 12.3 Å². The van der Waals surface area contributed by atoms with Gasteiger partial charge in [0.2, 0.25) is 0 Å². The molecule has 0 spiro atoms. The predicted molar refractivity (Wildman–Crippen MR) is 80.5 cm³/mol. The van der Waals surface area contributed by atoms with Crippen molar-refractivity contribution in [2.75, 3.05) is 0 Å². The standard InChI is InChI=1S/C16H17NO2S/c1-16(2,3)11-4-6-12(7-5-11)20-14-8-9-17-10-13(14)15(18)19/h4-10H,1-3H3,(H,18,19). The molecule has 3 nitrogen and oxygen atoms in total. The fourth-order valence-corrected chi connectivity index (χ4v) is 2.69. The second kappa shape index (κ2) is 5.67. The van der Waals surface area contributed by atoms with Crippen LogP contribution in [0, 0.1) is 0 Å². The number of benzene rings is 1. The van der Waals surface area contributed by atoms with E-state index in [-0.39, 0.29) is 11.0 Å². The highest BCUT2D eigenvalue weighted by Crippen LogP contribution is 2.31. The monoisotopic (exact) mass is 287 g/mol. The van der Waals surface area contributed by atoms with E-state index in [4.69, 9.17) is 5.11 Å². The Labute approximate surface area is 123 Å². The molecule has 0 aliphatic heterocycles. The van der Waals surface area contributed by atoms with Gasteiger partial charge in [-0.2, -0.15) is 0 Å². The number of carboxylic acids is 1. The van der Waals surface area contributed by atoms with E-state index in [9.17, 15) is 4.79 Å². The summed E-state index contributed by atoms with van der Waals surface area (Å²) in [4.78, 5) is 16.7. The maximum Gasteiger partial charge on any atom is 0.338 e. The molecular weight excluding hydrogens is 270 g/mol. The van der Waals surface area contributed by atoms with Gasteiger partial charge in [-0.25, -0.2) is 4.79 Å². The smallest absolute Gasteiger partial charge is 0.338 e. The summed E-state index contributed by atoms with van der Waals surface area (Å²) in [6.07, 6.45) is 2.99. The van der Waals surface area contributed by atoms with Gasteiger partial charge in [0.1, 0.15) is 0 Å². The molecule has 0 amide bonds. The summed E-state index contributed by atoms with van der Waals surface area (Å²) in [6, 6.07) is 9.95. The molecule has 0 radical (unpaired) electrons. The number of carbonyl (C=O) groups is 1. The zero-order chi connectivity index (χ0) is 14.8. The Morgan fingerprint density at radius 3 is 2.35 bits per heavy atom. The maximum absolute atomic E-state index is 11.1. The second-order valence-electron chi connectivity index (χ2n) is 5.55. The first-order valence-electron chi connectivity index (χ1n) is 6.33. The first-order valence-corrected chi connectivity index (χ1v) is 7.15. The van der Waals surface area contributed by atoms with E-state index < -0.39 is 5.97 Å². The minimum atomic E-state index is -0.952. The van der Waals surface area contributed by atoms with Gasteiger partial charge in [0, 0.05) is 22.2 Å². The Bertz CT molecular complexity index is 615. The number of carboxylic acid groups (broad SMARTS) is 1. The molecule has 4 heteroatoms. The summed E-state index contributed by atoms with van der Waals surface area (Å²) >= 11 is 1.44. The van der Waals surface area contributed by atoms with Crippen molar-refractivity contribution in [2.45, 2.75) is 36.0 Å². The molecule has 0 aliphatic rings. The lowest BCUT2D eigenvalue weighted by molar-refractivity contribution is 0.0692. The fraction of sp³-hybridized carbons (Fsp3) is 0.250. The molecule has 0 fully saturated rings. The first kappa shape index (κ1) is 14.6. The zero-order valence-electron chi connectivity index (χ0n) is 11.8. The largest absolute Gasteiger partial charge is 0.478 e. The van der Waals surface area contributed by atoms with Gasteiger partial charge >= 0.3 is 5.97 Å². The van der Waals surface area contributed by atoms with Crippen LogP contribution in [0.4, 0.5) is 0 Å². The first-order chi connectivity index (χ1) is 9.38. The van der Waals surface area contributed by atoms with Gasteiger partial charge in [-0.1, -0.05) is 44.7 Å². The van der Waals surface area contributed by atoms with Crippen LogP contribution in [-0.4, -0.2) is 16.1 Å². The molecule has 0 atom stereocenters. The quantitative estimate of drug-likeness (QED) is 0.918. The van der Waals surface area contributed by atoms with E-state index in [1.165, 1.54) is 23.5 Å². The third kappa shape index (κ3) is 3.39. The van der Waals surface area contributed by atoms with Crippen molar-refractivity contribution in [2.24, 2.45) is 0 Å². The van der Waals surface area contributed by atoms with Gasteiger partial charge in [0.05, 0.1) is 5.56 Å². The molecule has 2 rings (SSSR count). The van der Waals surface area contributed by atoms with Gasteiger partial charge in [-0.05, 0) is 29.2 Å². The van der Waals surface area contributed by atoms with Gasteiger partial charge in [-0.15, -0.1) is 0 Å². The van der Waals surface area contributed by atoms with Crippen molar-refractivity contribution in [3.05, 3.63) is 53.9 Å². The number of rotatable bonds is 3. The zero-order valence-corrected chi connectivity index (χ0v) is 12.6. The summed E-state index contributed by atoms with van der Waals surface area (Å²) in [5, 5.41) is 9.14. The van der Waals surface area contributed by atoms with Crippen molar-refractivity contribution >= 4 is 17.7 Å². The molecule has 104 valence electrons. The number of nitrogens with zero attached hydrogens (tertiary/aromatic N) is 1. The third-order valence-electron chi connectivity index (χ3n) is 2.96. The topological polar surface area (TPSA) is 50.2 Å². The van der Waals surface area contributed by atoms with Crippen LogP contribution in [0.5, 0.6) is 0 Å². The molecule has 1 aromatic heterocycles. The van der Waals surface area contributed by atoms with Crippen LogP contribution in [-0.2, 0) is 5.41 Å². The van der Waals surface area contributed by atoms with Gasteiger partial charge in [0.15, 0.2) is 0 Å². The lowest BCUT2D eigenvalue weighted by Crippen LogP contribution is -2.10. The molecular formula is C16H17NO2S. The number of hydrogen-bond acceptors (Lipinski definition) is 3. The van der Waals surface area contributed by atoms with Crippen molar-refractivity contribution < 1.29 is 9.90 Å². The SMILES string of the molecule is CC(C)(C)c1ccc(Sc2ccncc2C(=O)O)cc1. The van der Waals surface area contributed by atoms with Crippen molar-refractivity contribution in [1.29, 1.82) is 0 Å². The number of pyridine rings is 1. The Kier molecular flexibility index (Phi) is 4.14. The van der Waals surface area contributed by atoms with Crippen LogP contribution in [0.2, 0.25) is 0 Å². The molecule has 0 aliphatic carbocycles. The van der Waals surface area contributed by atoms with Crippen LogP contribution in [0.25, 0.3) is 0 Å². The van der Waals surface area contributed by atoms with E-state index in [2.05, 4.69) is 37.9 Å². The Balaban J connectivity index is 2.25. The minimum absolute atomic E-state index is 0.117. The number of aromatic nitrogens is 1. The molecule has 0 bridgehead atoms. The Morgan fingerprint density at radius 1 is 1.15 bits per heavy atom. The average molecular weight is 287 g/mol. The van der Waals surface area contributed by atoms with Crippen molar-refractivity contribution in [1.82, 2.24) is 4.98 Å². The normalized spacial score (nSPS) is 11.3. The van der Waals surface area contributed by atoms with Gasteiger partial charge in [-0.3, -0.25) is 4.98 Å². The fourth-order valence-electron chi connectivity index (χ4n) is 1.78. The van der Waals surface area contributed by atoms with E-state index in [0.717, 1.165) is 4.90 Å². The maximum atomic E-state index is 11.1. The van der Waals surface area contributed by atoms with E-state index in [0.29, 0.717) is 4.90 Å². The summed E-state index contributed by atoms with van der Waals surface area (Å²) in [7, 11) is 0. The lowest BCUT2D eigenvalue weighted by Gasteiger charge is -2.19. The molecule has 2 aromatic rings. The minimum Gasteiger partial charge on any atom is -0.478 e. The highest BCUT2D eigenvalue weighted by atomic mass is 32.2. The summed E-state index contributed by atoms with van der Waals surface area (Å²) in [6.45, 7) is 6.50. The number of aromatic carboxylic acids is 1. The molecule has 0 saturated heterocycles. The molecule has 1 heterocycles. The summed E-state index contributed by atoms with van der Waals surface area (Å²) < 4.78 is 0. The second-order valence-corrected chi connectivity index (χ2v) is 6.67.